The van der Waals surface area contributed by atoms with Crippen LogP contribution in [0.15, 0.2) is 84.9 Å². The van der Waals surface area contributed by atoms with Crippen molar-refractivity contribution in [2.24, 2.45) is 0 Å². The monoisotopic (exact) mass is 277 g/mol. The second-order valence-corrected chi connectivity index (χ2v) is 5.25. The molecule has 97 valence electrons. The fraction of sp³-hybridized carbons (Fsp3) is 0.0526. The summed E-state index contributed by atoms with van der Waals surface area (Å²) in [6, 6.07) is 31.2. The highest BCUT2D eigenvalue weighted by Gasteiger charge is 2.33. The smallest absolute Gasteiger partial charge is 0.104 e. The largest absolute Gasteiger partial charge is 0.119 e. The molecule has 0 fully saturated rings. The van der Waals surface area contributed by atoms with Gasteiger partial charge in [-0.25, -0.2) is 0 Å². The first-order chi connectivity index (χ1) is 9.82. The van der Waals surface area contributed by atoms with Crippen molar-refractivity contribution in [1.82, 2.24) is 0 Å². The predicted molar refractivity (Wildman–Crippen MR) is 83.9 cm³/mol. The Morgan fingerprint density at radius 1 is 0.600 bits per heavy atom. The van der Waals surface area contributed by atoms with E-state index in [-0.39, 0.29) is 0 Å². The molecule has 3 aromatic carbocycles. The summed E-state index contributed by atoms with van der Waals surface area (Å²) in [6.07, 6.45) is 0. The molecule has 0 saturated heterocycles. The zero-order valence-corrected chi connectivity index (χ0v) is 11.7. The molecule has 0 spiro atoms. The van der Waals surface area contributed by atoms with Crippen molar-refractivity contribution in [3.8, 4) is 0 Å². The van der Waals surface area contributed by atoms with E-state index in [0.717, 1.165) is 16.7 Å². The Balaban J connectivity index is 2.24. The zero-order chi connectivity index (χ0) is 13.8. The molecule has 0 heterocycles. The van der Waals surface area contributed by atoms with Crippen molar-refractivity contribution in [2.45, 2.75) is 4.87 Å². The lowest BCUT2D eigenvalue weighted by molar-refractivity contribution is 0.879. The van der Waals surface area contributed by atoms with E-state index >= 15 is 0 Å². The number of hydrogen-bond acceptors (Lipinski definition) is 0. The third-order valence-electron chi connectivity index (χ3n) is 3.46. The SMILES string of the molecule is ClC(c1cc[c]cc1)(c1ccccc1)c1ccccc1. The van der Waals surface area contributed by atoms with Crippen molar-refractivity contribution in [3.63, 3.8) is 0 Å². The molecule has 3 rings (SSSR count). The van der Waals surface area contributed by atoms with Gasteiger partial charge in [0.05, 0.1) is 0 Å². The van der Waals surface area contributed by atoms with Crippen LogP contribution >= 0.6 is 11.6 Å². The van der Waals surface area contributed by atoms with Gasteiger partial charge in [-0.05, 0) is 22.8 Å². The van der Waals surface area contributed by atoms with E-state index < -0.39 is 4.87 Å². The molecule has 1 heteroatoms. The Labute approximate surface area is 124 Å². The minimum atomic E-state index is -0.669. The van der Waals surface area contributed by atoms with E-state index in [1.807, 2.05) is 60.7 Å². The number of alkyl halides is 1. The molecule has 0 N–H and O–H groups in total. The van der Waals surface area contributed by atoms with Crippen LogP contribution in [0.25, 0.3) is 0 Å². The van der Waals surface area contributed by atoms with Gasteiger partial charge >= 0.3 is 0 Å². The number of hydrogen-bond donors (Lipinski definition) is 0. The van der Waals surface area contributed by atoms with E-state index in [0.29, 0.717) is 0 Å². The van der Waals surface area contributed by atoms with Gasteiger partial charge in [0.1, 0.15) is 4.87 Å². The summed E-state index contributed by atoms with van der Waals surface area (Å²) in [5, 5.41) is 0. The molecule has 0 aliphatic carbocycles. The molecular formula is C19H14Cl. The van der Waals surface area contributed by atoms with Crippen LogP contribution in [0.1, 0.15) is 16.7 Å². The lowest BCUT2D eigenvalue weighted by atomic mass is 9.84. The van der Waals surface area contributed by atoms with Crippen LogP contribution in [0.4, 0.5) is 0 Å². The lowest BCUT2D eigenvalue weighted by Crippen LogP contribution is -2.22. The van der Waals surface area contributed by atoms with Crippen LogP contribution in [0.5, 0.6) is 0 Å². The summed E-state index contributed by atoms with van der Waals surface area (Å²) in [5.74, 6) is 0. The highest BCUT2D eigenvalue weighted by atomic mass is 35.5. The van der Waals surface area contributed by atoms with Gasteiger partial charge < -0.3 is 0 Å². The van der Waals surface area contributed by atoms with Crippen molar-refractivity contribution in [1.29, 1.82) is 0 Å². The summed E-state index contributed by atoms with van der Waals surface area (Å²) < 4.78 is 0. The van der Waals surface area contributed by atoms with E-state index in [4.69, 9.17) is 11.6 Å². The first kappa shape index (κ1) is 13.0. The molecule has 0 amide bonds. The second kappa shape index (κ2) is 5.52. The summed E-state index contributed by atoms with van der Waals surface area (Å²) in [6.45, 7) is 0. The maximum atomic E-state index is 7.10. The summed E-state index contributed by atoms with van der Waals surface area (Å²) in [4.78, 5) is -0.669. The van der Waals surface area contributed by atoms with Gasteiger partial charge in [0.25, 0.3) is 0 Å². The fourth-order valence-corrected chi connectivity index (χ4v) is 2.83. The molecule has 0 atom stereocenters. The van der Waals surface area contributed by atoms with Crippen LogP contribution in [0, 0.1) is 6.07 Å². The Morgan fingerprint density at radius 3 is 1.45 bits per heavy atom. The van der Waals surface area contributed by atoms with Gasteiger partial charge in [-0.1, -0.05) is 84.9 Å². The van der Waals surface area contributed by atoms with Crippen molar-refractivity contribution in [2.75, 3.05) is 0 Å². The molecule has 0 aromatic heterocycles. The van der Waals surface area contributed by atoms with E-state index in [9.17, 15) is 0 Å². The molecule has 0 aliphatic rings. The fourth-order valence-electron chi connectivity index (χ4n) is 2.45. The van der Waals surface area contributed by atoms with Crippen LogP contribution in [0.2, 0.25) is 0 Å². The Hall–Kier alpha value is -2.05. The van der Waals surface area contributed by atoms with Crippen molar-refractivity contribution in [3.05, 3.63) is 108 Å². The first-order valence-electron chi connectivity index (χ1n) is 6.58. The highest BCUT2D eigenvalue weighted by Crippen LogP contribution is 2.42. The van der Waals surface area contributed by atoms with Gasteiger partial charge in [-0.15, -0.1) is 11.6 Å². The highest BCUT2D eigenvalue weighted by molar-refractivity contribution is 6.28. The standard InChI is InChI=1S/C19H14Cl/c20-19(16-10-4-1-5-11-16,17-12-6-2-7-13-17)18-14-8-3-9-15-18/h1-2,4-15H. The quantitative estimate of drug-likeness (QED) is 0.466. The minimum Gasteiger partial charge on any atom is -0.104 e. The average Bonchev–Trinajstić information content (AvgIpc) is 2.56. The van der Waals surface area contributed by atoms with Crippen molar-refractivity contribution >= 4 is 11.6 Å². The lowest BCUT2D eigenvalue weighted by Gasteiger charge is -2.29. The molecule has 3 aromatic rings. The molecule has 0 nitrogen and oxygen atoms in total. The van der Waals surface area contributed by atoms with Crippen LogP contribution in [0.3, 0.4) is 0 Å². The Kier molecular flexibility index (Phi) is 3.58. The Bertz CT molecular complexity index is 563. The second-order valence-electron chi connectivity index (χ2n) is 4.68. The van der Waals surface area contributed by atoms with Gasteiger partial charge in [0.15, 0.2) is 0 Å². The molecule has 0 aliphatic heterocycles. The van der Waals surface area contributed by atoms with E-state index in [1.165, 1.54) is 0 Å². The Morgan fingerprint density at radius 2 is 1.00 bits per heavy atom. The molecular weight excluding hydrogens is 264 g/mol. The van der Waals surface area contributed by atoms with E-state index in [1.54, 1.807) is 0 Å². The minimum absolute atomic E-state index is 0.669. The first-order valence-corrected chi connectivity index (χ1v) is 6.96. The van der Waals surface area contributed by atoms with Gasteiger partial charge in [0.2, 0.25) is 0 Å². The van der Waals surface area contributed by atoms with E-state index in [2.05, 4.69) is 30.3 Å². The molecule has 1 radical (unpaired) electrons. The molecule has 0 saturated carbocycles. The van der Waals surface area contributed by atoms with Crippen LogP contribution in [-0.4, -0.2) is 0 Å². The maximum absolute atomic E-state index is 7.10. The normalized spacial score (nSPS) is 11.2. The summed E-state index contributed by atoms with van der Waals surface area (Å²) in [5.41, 5.74) is 3.19. The van der Waals surface area contributed by atoms with Crippen molar-refractivity contribution < 1.29 is 0 Å². The third kappa shape index (κ3) is 2.23. The average molecular weight is 278 g/mol. The third-order valence-corrected chi connectivity index (χ3v) is 4.11. The van der Waals surface area contributed by atoms with Crippen LogP contribution in [-0.2, 0) is 4.87 Å². The van der Waals surface area contributed by atoms with Gasteiger partial charge in [-0.2, -0.15) is 0 Å². The zero-order valence-electron chi connectivity index (χ0n) is 11.0. The topological polar surface area (TPSA) is 0 Å². The summed E-state index contributed by atoms with van der Waals surface area (Å²) in [7, 11) is 0. The van der Waals surface area contributed by atoms with Gasteiger partial charge in [-0.3, -0.25) is 0 Å². The molecule has 20 heavy (non-hydrogen) atoms. The molecule has 0 unspecified atom stereocenters. The maximum Gasteiger partial charge on any atom is 0.119 e. The summed E-state index contributed by atoms with van der Waals surface area (Å²) >= 11 is 7.10. The van der Waals surface area contributed by atoms with Crippen LogP contribution < -0.4 is 0 Å². The van der Waals surface area contributed by atoms with Gasteiger partial charge in [0, 0.05) is 0 Å². The molecule has 0 bridgehead atoms. The number of rotatable bonds is 3. The number of benzene rings is 3. The predicted octanol–water partition coefficient (Wildman–Crippen LogP) is 5.02. The number of halogens is 1.